The molecular weight excluding hydrogens is 1090 g/mol. The molecule has 2 rings (SSSR count). The van der Waals surface area contributed by atoms with Crippen molar-refractivity contribution in [3.8, 4) is 11.1 Å². The van der Waals surface area contributed by atoms with Crippen LogP contribution >= 0.6 is 0 Å². The first-order valence-corrected chi connectivity index (χ1v) is 38.3. The number of ketones is 1. The third-order valence-corrected chi connectivity index (χ3v) is 19.1. The summed E-state index contributed by atoms with van der Waals surface area (Å²) in [7, 11) is 0. The van der Waals surface area contributed by atoms with Gasteiger partial charge in [-0.2, -0.15) is 0 Å². The maximum absolute atomic E-state index is 15.2. The molecule has 2 aromatic rings. The molecule has 0 aliphatic heterocycles. The van der Waals surface area contributed by atoms with Crippen LogP contribution in [0.4, 0.5) is 4.39 Å². The Morgan fingerprint density at radius 1 is 0.455 bits per heavy atom. The van der Waals surface area contributed by atoms with Crippen molar-refractivity contribution in [3.63, 3.8) is 0 Å². The number of carbonyl (C=O) groups is 3. The minimum atomic E-state index is -0.568. The number of esters is 2. The maximum Gasteiger partial charge on any atom is 0.313 e. The fourth-order valence-corrected chi connectivity index (χ4v) is 13.2. The molecule has 508 valence electrons. The number of hydrogen-bond donors (Lipinski definition) is 1. The van der Waals surface area contributed by atoms with E-state index < -0.39 is 5.92 Å². The predicted octanol–water partition coefficient (Wildman–Crippen LogP) is 24.3. The average Bonchev–Trinajstić information content (AvgIpc) is 2.09. The van der Waals surface area contributed by atoms with Gasteiger partial charge in [-0.15, -0.1) is 0 Å². The van der Waals surface area contributed by atoms with Gasteiger partial charge in [0, 0.05) is 37.0 Å². The second-order valence-electron chi connectivity index (χ2n) is 27.1. The summed E-state index contributed by atoms with van der Waals surface area (Å²) < 4.78 is 27.4. The Balaban J connectivity index is 2.15. The summed E-state index contributed by atoms with van der Waals surface area (Å²) >= 11 is 0. The van der Waals surface area contributed by atoms with Crippen LogP contribution in [-0.2, 0) is 23.9 Å². The van der Waals surface area contributed by atoms with Crippen molar-refractivity contribution in [2.75, 3.05) is 26.3 Å². The highest BCUT2D eigenvalue weighted by molar-refractivity contribution is 5.81. The molecule has 0 spiro atoms. The lowest BCUT2D eigenvalue weighted by Gasteiger charge is -2.32. The smallest absolute Gasteiger partial charge is 0.313 e. The first-order valence-electron chi connectivity index (χ1n) is 38.3. The van der Waals surface area contributed by atoms with E-state index in [0.717, 1.165) is 134 Å². The van der Waals surface area contributed by atoms with Crippen LogP contribution in [0.1, 0.15) is 380 Å². The minimum absolute atomic E-state index is 0.00602. The van der Waals surface area contributed by atoms with Gasteiger partial charge in [0.25, 0.3) is 0 Å². The number of carbonyl (C=O) groups excluding carboxylic acids is 3. The van der Waals surface area contributed by atoms with Gasteiger partial charge >= 0.3 is 11.9 Å². The van der Waals surface area contributed by atoms with E-state index in [1.165, 1.54) is 212 Å². The Hall–Kier alpha value is -3.10. The summed E-state index contributed by atoms with van der Waals surface area (Å²) in [6.45, 7) is 13.2. The fraction of sp³-hybridized carbons (Fsp3) is 0.812. The van der Waals surface area contributed by atoms with Gasteiger partial charge in [0.15, 0.2) is 0 Å². The Labute approximate surface area is 543 Å². The number of aliphatic hydroxyl groups is 1. The second kappa shape index (κ2) is 58.9. The summed E-state index contributed by atoms with van der Waals surface area (Å²) in [4.78, 5) is 44.0. The van der Waals surface area contributed by atoms with Gasteiger partial charge in [-0.3, -0.25) is 14.4 Å². The van der Waals surface area contributed by atoms with Crippen molar-refractivity contribution in [2.45, 2.75) is 387 Å². The lowest BCUT2D eigenvalue weighted by atomic mass is 9.88. The zero-order valence-electron chi connectivity index (χ0n) is 58.3. The SMILES string of the molecule is CCCCCCCCCCCC(CCCCCCCCCCC)OC(=O)CCCC(CCCC(=O)C(CCCCCCCCCCC)CCCCCCCCCCC)N(CCCCO)CCCCCCOC(=O)C(C)c1ccc(-c2ccccc2)c(F)c1. The molecule has 2 unspecified atom stereocenters. The van der Waals surface area contributed by atoms with Gasteiger partial charge in [-0.25, -0.2) is 4.39 Å². The standard InChI is InChI=1S/C80H140FNO6/c1-6-10-14-18-22-26-30-34-41-55-72(56-42-35-31-27-23-19-15-11-7-2)78(84)61-51-57-74(58-52-62-79(85)88-75(59-45-36-32-28-24-20-16-12-8-3)60-46-37-33-29-25-21-17-13-9-4)82(66-48-49-67-83)65-47-38-39-50-68-87-80(86)70(5)73-63-64-76(77(81)69-73)71-53-43-40-44-54-71/h40,43-44,53-54,63-64,69-70,72,74-75,83H,6-39,41-42,45-52,55-62,65-68H2,1-5H3. The van der Waals surface area contributed by atoms with Gasteiger partial charge in [0.1, 0.15) is 17.7 Å². The Kier molecular flexibility index (Phi) is 54.3. The number of benzene rings is 2. The van der Waals surface area contributed by atoms with Crippen LogP contribution in [0.5, 0.6) is 0 Å². The third-order valence-electron chi connectivity index (χ3n) is 19.1. The van der Waals surface area contributed by atoms with E-state index in [4.69, 9.17) is 9.47 Å². The molecule has 2 atom stereocenters. The highest BCUT2D eigenvalue weighted by Gasteiger charge is 2.24. The molecule has 0 aliphatic rings. The average molecular weight is 1230 g/mol. The van der Waals surface area contributed by atoms with E-state index in [2.05, 4.69) is 32.6 Å². The maximum atomic E-state index is 15.2. The van der Waals surface area contributed by atoms with Crippen LogP contribution in [0.25, 0.3) is 11.1 Å². The predicted molar refractivity (Wildman–Crippen MR) is 375 cm³/mol. The van der Waals surface area contributed by atoms with Crippen molar-refractivity contribution in [1.29, 1.82) is 0 Å². The van der Waals surface area contributed by atoms with E-state index in [0.29, 0.717) is 36.4 Å². The van der Waals surface area contributed by atoms with E-state index in [9.17, 15) is 19.5 Å². The van der Waals surface area contributed by atoms with Crippen LogP contribution in [0.3, 0.4) is 0 Å². The second-order valence-corrected chi connectivity index (χ2v) is 27.1. The molecule has 2 aromatic carbocycles. The highest BCUT2D eigenvalue weighted by Crippen LogP contribution is 2.29. The lowest BCUT2D eigenvalue weighted by Crippen LogP contribution is -2.37. The molecule has 0 saturated carbocycles. The monoisotopic (exact) mass is 1230 g/mol. The third kappa shape index (κ3) is 43.6. The molecule has 0 bridgehead atoms. The molecule has 0 aromatic heterocycles. The van der Waals surface area contributed by atoms with Crippen LogP contribution < -0.4 is 0 Å². The topological polar surface area (TPSA) is 93.1 Å². The number of rotatable bonds is 65. The first kappa shape index (κ1) is 81.0. The summed E-state index contributed by atoms with van der Waals surface area (Å²) in [5.74, 6) is -0.653. The van der Waals surface area contributed by atoms with Crippen LogP contribution in [-0.4, -0.2) is 66.2 Å². The number of halogens is 1. The number of aliphatic hydroxyl groups excluding tert-OH is 1. The van der Waals surface area contributed by atoms with Crippen molar-refractivity contribution in [3.05, 3.63) is 59.9 Å². The Bertz CT molecular complexity index is 1850. The lowest BCUT2D eigenvalue weighted by molar-refractivity contribution is -0.150. The van der Waals surface area contributed by atoms with Crippen molar-refractivity contribution in [2.24, 2.45) is 5.92 Å². The fourth-order valence-electron chi connectivity index (χ4n) is 13.2. The number of Topliss-reactive ketones (excluding diaryl/α,β-unsaturated/α-hetero) is 1. The molecule has 0 heterocycles. The van der Waals surface area contributed by atoms with Crippen LogP contribution in [0.15, 0.2) is 48.5 Å². The van der Waals surface area contributed by atoms with E-state index in [1.807, 2.05) is 36.4 Å². The Morgan fingerprint density at radius 3 is 1.32 bits per heavy atom. The molecule has 7 nitrogen and oxygen atoms in total. The number of nitrogens with zero attached hydrogens (tertiary/aromatic N) is 1. The molecule has 0 amide bonds. The molecule has 0 radical (unpaired) electrons. The van der Waals surface area contributed by atoms with Crippen molar-refractivity contribution < 1.29 is 33.4 Å². The van der Waals surface area contributed by atoms with Gasteiger partial charge in [-0.1, -0.05) is 301 Å². The van der Waals surface area contributed by atoms with Gasteiger partial charge in [0.2, 0.25) is 0 Å². The zero-order chi connectivity index (χ0) is 63.6. The molecular formula is C80H140FNO6. The van der Waals surface area contributed by atoms with E-state index >= 15 is 4.39 Å². The number of ether oxygens (including phenoxy) is 2. The van der Waals surface area contributed by atoms with Crippen LogP contribution in [0.2, 0.25) is 0 Å². The van der Waals surface area contributed by atoms with Crippen molar-refractivity contribution >= 4 is 17.7 Å². The minimum Gasteiger partial charge on any atom is -0.465 e. The summed E-state index contributed by atoms with van der Waals surface area (Å²) in [5, 5.41) is 9.93. The number of unbranched alkanes of at least 4 members (excludes halogenated alkanes) is 36. The van der Waals surface area contributed by atoms with Gasteiger partial charge in [0.05, 0.1) is 12.5 Å². The van der Waals surface area contributed by atoms with E-state index in [1.54, 1.807) is 13.0 Å². The van der Waals surface area contributed by atoms with E-state index in [-0.39, 0.29) is 42.4 Å². The normalized spacial score (nSPS) is 12.4. The molecule has 0 aliphatic carbocycles. The van der Waals surface area contributed by atoms with Crippen LogP contribution in [0, 0.1) is 11.7 Å². The molecule has 1 N–H and O–H groups in total. The summed E-state index contributed by atoms with van der Waals surface area (Å²) in [6, 6.07) is 14.7. The Morgan fingerprint density at radius 2 is 0.864 bits per heavy atom. The summed E-state index contributed by atoms with van der Waals surface area (Å²) in [6.07, 6.45) is 60.5. The quantitative estimate of drug-likeness (QED) is 0.0521. The molecule has 8 heteroatoms. The largest absolute Gasteiger partial charge is 0.465 e. The molecule has 88 heavy (non-hydrogen) atoms. The summed E-state index contributed by atoms with van der Waals surface area (Å²) in [5.41, 5.74) is 1.93. The van der Waals surface area contributed by atoms with Gasteiger partial charge in [-0.05, 0) is 127 Å². The highest BCUT2D eigenvalue weighted by atomic mass is 19.1. The first-order chi connectivity index (χ1) is 43.2. The molecule has 0 saturated heterocycles. The van der Waals surface area contributed by atoms with Gasteiger partial charge < -0.3 is 19.5 Å². The number of hydrogen-bond acceptors (Lipinski definition) is 7. The molecule has 0 fully saturated rings. The van der Waals surface area contributed by atoms with Crippen molar-refractivity contribution in [1.82, 2.24) is 4.90 Å². The zero-order valence-corrected chi connectivity index (χ0v) is 58.3.